The molecule has 0 heterocycles. The lowest BCUT2D eigenvalue weighted by molar-refractivity contribution is -0.137. The number of benzene rings is 1. The number of amides is 2. The van der Waals surface area contributed by atoms with Crippen LogP contribution in [0.4, 0.5) is 13.2 Å². The molecule has 1 rings (SSSR count). The Bertz CT molecular complexity index is 441. The van der Waals surface area contributed by atoms with Gasteiger partial charge in [0.1, 0.15) is 0 Å². The number of hydrogen-bond donors (Lipinski definition) is 2. The Morgan fingerprint density at radius 3 is 2.17 bits per heavy atom. The third-order valence-electron chi connectivity index (χ3n) is 2.16. The summed E-state index contributed by atoms with van der Waals surface area (Å²) in [5, 5.41) is 4.57. The average molecular weight is 260 g/mol. The number of hydrogen-bond acceptors (Lipinski definition) is 2. The first-order chi connectivity index (χ1) is 8.34. The van der Waals surface area contributed by atoms with Crippen LogP contribution in [0, 0.1) is 0 Å². The number of carbonyl (C=O) groups excluding carboxylic acids is 2. The highest BCUT2D eigenvalue weighted by molar-refractivity contribution is 5.96. The first-order valence-corrected chi connectivity index (χ1v) is 5.00. The highest BCUT2D eigenvalue weighted by Gasteiger charge is 2.30. The van der Waals surface area contributed by atoms with Crippen LogP contribution >= 0.6 is 0 Å². The van der Waals surface area contributed by atoms with E-state index in [-0.39, 0.29) is 12.1 Å². The van der Waals surface area contributed by atoms with Gasteiger partial charge in [0.2, 0.25) is 5.91 Å². The summed E-state index contributed by atoms with van der Waals surface area (Å²) >= 11 is 0. The molecule has 18 heavy (non-hydrogen) atoms. The lowest BCUT2D eigenvalue weighted by Gasteiger charge is -2.08. The Kier molecular flexibility index (Phi) is 4.30. The van der Waals surface area contributed by atoms with E-state index in [1.807, 2.05) is 0 Å². The summed E-state index contributed by atoms with van der Waals surface area (Å²) in [6.45, 7) is -0.226. The molecular weight excluding hydrogens is 249 g/mol. The van der Waals surface area contributed by atoms with Crippen molar-refractivity contribution in [3.05, 3.63) is 35.4 Å². The van der Waals surface area contributed by atoms with Crippen molar-refractivity contribution >= 4 is 11.8 Å². The van der Waals surface area contributed by atoms with Crippen molar-refractivity contribution < 1.29 is 22.8 Å². The molecule has 2 amide bonds. The minimum atomic E-state index is -4.43. The Morgan fingerprint density at radius 1 is 1.17 bits per heavy atom. The predicted octanol–water partition coefficient (Wildman–Crippen LogP) is 1.18. The number of halogens is 3. The molecule has 0 saturated carbocycles. The van der Waals surface area contributed by atoms with Gasteiger partial charge in [0.05, 0.1) is 12.1 Å². The van der Waals surface area contributed by atoms with Crippen molar-refractivity contribution in [2.45, 2.75) is 6.18 Å². The van der Waals surface area contributed by atoms with Gasteiger partial charge in [-0.25, -0.2) is 0 Å². The molecule has 98 valence electrons. The normalized spacial score (nSPS) is 10.9. The Balaban J connectivity index is 2.68. The molecule has 0 bridgehead atoms. The molecule has 0 saturated heterocycles. The van der Waals surface area contributed by atoms with E-state index in [0.29, 0.717) is 0 Å². The van der Waals surface area contributed by atoms with Gasteiger partial charge in [-0.05, 0) is 24.3 Å². The molecule has 0 aromatic heterocycles. The van der Waals surface area contributed by atoms with Crippen molar-refractivity contribution in [3.63, 3.8) is 0 Å². The van der Waals surface area contributed by atoms with E-state index >= 15 is 0 Å². The molecule has 0 unspecified atom stereocenters. The van der Waals surface area contributed by atoms with Crippen molar-refractivity contribution in [1.82, 2.24) is 10.6 Å². The average Bonchev–Trinajstić information content (AvgIpc) is 2.34. The van der Waals surface area contributed by atoms with E-state index in [1.165, 1.54) is 7.05 Å². The second-order valence-electron chi connectivity index (χ2n) is 3.43. The van der Waals surface area contributed by atoms with Crippen LogP contribution in [-0.4, -0.2) is 25.4 Å². The molecule has 1 aromatic rings. The fourth-order valence-corrected chi connectivity index (χ4v) is 1.16. The topological polar surface area (TPSA) is 58.2 Å². The summed E-state index contributed by atoms with van der Waals surface area (Å²) in [7, 11) is 1.41. The summed E-state index contributed by atoms with van der Waals surface area (Å²) in [6.07, 6.45) is -4.43. The SMILES string of the molecule is CNC(=O)CNC(=O)c1ccc(C(F)(F)F)cc1. The molecule has 0 fully saturated rings. The van der Waals surface area contributed by atoms with Crippen LogP contribution in [0.3, 0.4) is 0 Å². The second-order valence-corrected chi connectivity index (χ2v) is 3.43. The van der Waals surface area contributed by atoms with E-state index in [4.69, 9.17) is 0 Å². The van der Waals surface area contributed by atoms with Crippen LogP contribution in [0.2, 0.25) is 0 Å². The molecule has 0 atom stereocenters. The molecule has 0 aliphatic heterocycles. The smallest absolute Gasteiger partial charge is 0.358 e. The van der Waals surface area contributed by atoms with E-state index in [0.717, 1.165) is 24.3 Å². The largest absolute Gasteiger partial charge is 0.416 e. The van der Waals surface area contributed by atoms with Gasteiger partial charge < -0.3 is 10.6 Å². The highest BCUT2D eigenvalue weighted by Crippen LogP contribution is 2.28. The number of nitrogens with one attached hydrogen (secondary N) is 2. The maximum absolute atomic E-state index is 12.3. The summed E-state index contributed by atoms with van der Waals surface area (Å²) < 4.78 is 36.8. The Labute approximate surface area is 101 Å². The van der Waals surface area contributed by atoms with E-state index in [1.54, 1.807) is 0 Å². The molecule has 7 heteroatoms. The van der Waals surface area contributed by atoms with Crippen molar-refractivity contribution in [2.75, 3.05) is 13.6 Å². The fraction of sp³-hybridized carbons (Fsp3) is 0.273. The highest BCUT2D eigenvalue weighted by atomic mass is 19.4. The van der Waals surface area contributed by atoms with Gasteiger partial charge >= 0.3 is 6.18 Å². The lowest BCUT2D eigenvalue weighted by Crippen LogP contribution is -2.35. The first-order valence-electron chi connectivity index (χ1n) is 5.00. The summed E-state index contributed by atoms with van der Waals surface area (Å²) in [6, 6.07) is 3.74. The van der Waals surface area contributed by atoms with Gasteiger partial charge in [-0.15, -0.1) is 0 Å². The second kappa shape index (κ2) is 5.52. The Morgan fingerprint density at radius 2 is 1.72 bits per heavy atom. The van der Waals surface area contributed by atoms with Crippen LogP contribution < -0.4 is 10.6 Å². The first kappa shape index (κ1) is 14.0. The third kappa shape index (κ3) is 3.76. The minimum absolute atomic E-state index is 0.0619. The van der Waals surface area contributed by atoms with Crippen LogP contribution in [0.1, 0.15) is 15.9 Å². The number of carbonyl (C=O) groups is 2. The summed E-state index contributed by atoms with van der Waals surface area (Å²) in [5.41, 5.74) is -0.766. The fourth-order valence-electron chi connectivity index (χ4n) is 1.16. The Hall–Kier alpha value is -2.05. The number of alkyl halides is 3. The molecule has 2 N–H and O–H groups in total. The molecule has 1 aromatic carbocycles. The zero-order valence-electron chi connectivity index (χ0n) is 9.47. The molecule has 4 nitrogen and oxygen atoms in total. The quantitative estimate of drug-likeness (QED) is 0.857. The predicted molar refractivity (Wildman–Crippen MR) is 57.8 cm³/mol. The van der Waals surface area contributed by atoms with E-state index < -0.39 is 23.6 Å². The third-order valence-corrected chi connectivity index (χ3v) is 2.16. The zero-order chi connectivity index (χ0) is 13.8. The van der Waals surface area contributed by atoms with E-state index in [2.05, 4.69) is 10.6 Å². The minimum Gasteiger partial charge on any atom is -0.358 e. The maximum atomic E-state index is 12.3. The van der Waals surface area contributed by atoms with Crippen molar-refractivity contribution in [3.8, 4) is 0 Å². The van der Waals surface area contributed by atoms with Crippen molar-refractivity contribution in [2.24, 2.45) is 0 Å². The summed E-state index contributed by atoms with van der Waals surface area (Å²) in [5.74, 6) is -0.998. The van der Waals surface area contributed by atoms with E-state index in [9.17, 15) is 22.8 Å². The van der Waals surface area contributed by atoms with Crippen LogP contribution in [0.5, 0.6) is 0 Å². The van der Waals surface area contributed by atoms with Gasteiger partial charge in [-0.1, -0.05) is 0 Å². The standard InChI is InChI=1S/C11H11F3N2O2/c1-15-9(17)6-16-10(18)7-2-4-8(5-3-7)11(12,13)14/h2-5H,6H2,1H3,(H,15,17)(H,16,18). The molecule has 0 spiro atoms. The van der Waals surface area contributed by atoms with Gasteiger partial charge in [0.15, 0.2) is 0 Å². The lowest BCUT2D eigenvalue weighted by atomic mass is 10.1. The van der Waals surface area contributed by atoms with Crippen LogP contribution in [0.25, 0.3) is 0 Å². The van der Waals surface area contributed by atoms with Gasteiger partial charge in [-0.3, -0.25) is 9.59 Å². The maximum Gasteiger partial charge on any atom is 0.416 e. The zero-order valence-corrected chi connectivity index (χ0v) is 9.47. The summed E-state index contributed by atoms with van der Waals surface area (Å²) in [4.78, 5) is 22.3. The van der Waals surface area contributed by atoms with Gasteiger partial charge in [0, 0.05) is 12.6 Å². The van der Waals surface area contributed by atoms with Gasteiger partial charge in [-0.2, -0.15) is 13.2 Å². The molecule has 0 aliphatic rings. The van der Waals surface area contributed by atoms with Gasteiger partial charge in [0.25, 0.3) is 5.91 Å². The number of rotatable bonds is 3. The van der Waals surface area contributed by atoms with Crippen LogP contribution in [-0.2, 0) is 11.0 Å². The molecular formula is C11H11F3N2O2. The molecule has 0 aliphatic carbocycles. The van der Waals surface area contributed by atoms with Crippen molar-refractivity contribution in [1.29, 1.82) is 0 Å². The number of likely N-dealkylation sites (N-methyl/N-ethyl adjacent to an activating group) is 1. The van der Waals surface area contributed by atoms with Crippen LogP contribution in [0.15, 0.2) is 24.3 Å². The molecule has 0 radical (unpaired) electrons. The monoisotopic (exact) mass is 260 g/mol.